The Morgan fingerprint density at radius 2 is 1.75 bits per heavy atom. The number of carbonyl (C=O) groups excluding carboxylic acids is 2. The number of halogens is 1. The fraction of sp³-hybridized carbons (Fsp3) is 0.103. The van der Waals surface area contributed by atoms with Crippen molar-refractivity contribution in [1.82, 2.24) is 4.57 Å². The summed E-state index contributed by atoms with van der Waals surface area (Å²) >= 11 is 6.29. The van der Waals surface area contributed by atoms with Gasteiger partial charge in [-0.25, -0.2) is 4.79 Å². The van der Waals surface area contributed by atoms with Crippen LogP contribution in [0.1, 0.15) is 27.2 Å². The van der Waals surface area contributed by atoms with E-state index in [0.717, 1.165) is 5.56 Å². The smallest absolute Gasteiger partial charge is 0.331 e. The molecule has 0 saturated carbocycles. The molecule has 0 unspecified atom stereocenters. The van der Waals surface area contributed by atoms with Gasteiger partial charge in [-0.05, 0) is 54.1 Å². The third-order valence-electron chi connectivity index (χ3n) is 5.67. The van der Waals surface area contributed by atoms with Crippen LogP contribution in [-0.4, -0.2) is 29.5 Å². The zero-order valence-corrected chi connectivity index (χ0v) is 20.0. The van der Waals surface area contributed by atoms with E-state index in [9.17, 15) is 9.59 Å². The number of hydrogen-bond donors (Lipinski definition) is 0. The molecule has 0 bridgehead atoms. The molecule has 7 heteroatoms. The Labute approximate surface area is 213 Å². The molecule has 5 rings (SSSR count). The van der Waals surface area contributed by atoms with Crippen LogP contribution >= 0.6 is 11.6 Å². The molecular weight excluding hydrogens is 478 g/mol. The Balaban J connectivity index is 1.42. The zero-order valence-electron chi connectivity index (χ0n) is 19.2. The van der Waals surface area contributed by atoms with E-state index in [1.54, 1.807) is 42.5 Å². The maximum atomic E-state index is 13.7. The van der Waals surface area contributed by atoms with Gasteiger partial charge in [-0.15, -0.1) is 0 Å². The van der Waals surface area contributed by atoms with Gasteiger partial charge in [0.15, 0.2) is 17.3 Å². The van der Waals surface area contributed by atoms with Crippen molar-refractivity contribution in [3.8, 4) is 17.2 Å². The Hall–Kier alpha value is -4.29. The zero-order chi connectivity index (χ0) is 24.9. The molecule has 2 heterocycles. The second-order valence-corrected chi connectivity index (χ2v) is 8.49. The van der Waals surface area contributed by atoms with Crippen LogP contribution in [0.25, 0.3) is 11.8 Å². The summed E-state index contributed by atoms with van der Waals surface area (Å²) in [7, 11) is 0. The van der Waals surface area contributed by atoms with Gasteiger partial charge >= 0.3 is 5.97 Å². The van der Waals surface area contributed by atoms with Crippen LogP contribution in [0, 0.1) is 0 Å². The molecule has 0 amide bonds. The van der Waals surface area contributed by atoms with Gasteiger partial charge in [-0.2, -0.15) is 0 Å². The van der Waals surface area contributed by atoms with Crippen molar-refractivity contribution in [3.05, 3.63) is 119 Å². The van der Waals surface area contributed by atoms with Crippen molar-refractivity contribution in [2.45, 2.75) is 6.61 Å². The van der Waals surface area contributed by atoms with Crippen molar-refractivity contribution >= 4 is 29.4 Å². The highest BCUT2D eigenvalue weighted by Crippen LogP contribution is 2.36. The lowest BCUT2D eigenvalue weighted by Crippen LogP contribution is -2.18. The van der Waals surface area contributed by atoms with Gasteiger partial charge in [0.2, 0.25) is 0 Å². The van der Waals surface area contributed by atoms with Gasteiger partial charge in [-0.1, -0.05) is 48.0 Å². The number of rotatable bonds is 7. The average molecular weight is 500 g/mol. The monoisotopic (exact) mass is 499 g/mol. The molecule has 4 aromatic rings. The van der Waals surface area contributed by atoms with Crippen LogP contribution in [-0.2, 0) is 16.1 Å². The van der Waals surface area contributed by atoms with Gasteiger partial charge in [-0.3, -0.25) is 4.79 Å². The van der Waals surface area contributed by atoms with Crippen molar-refractivity contribution in [2.75, 3.05) is 13.2 Å². The van der Waals surface area contributed by atoms with E-state index in [0.29, 0.717) is 52.2 Å². The molecule has 36 heavy (non-hydrogen) atoms. The standard InChI is InChI=1S/C29H22ClNO5/c30-21-11-13-25(24(18-21)28(33)23-9-4-10-26-29(23)35-17-16-34-26)31-15-5-8-22(31)12-14-27(32)36-19-20-6-2-1-3-7-20/h1-15,18H,16-17,19H2. The second-order valence-electron chi connectivity index (χ2n) is 8.05. The van der Waals surface area contributed by atoms with E-state index < -0.39 is 5.97 Å². The fourth-order valence-corrected chi connectivity index (χ4v) is 4.15. The fourth-order valence-electron chi connectivity index (χ4n) is 3.98. The maximum absolute atomic E-state index is 13.7. The van der Waals surface area contributed by atoms with E-state index in [4.69, 9.17) is 25.8 Å². The molecule has 0 aliphatic carbocycles. The first-order valence-corrected chi connectivity index (χ1v) is 11.8. The van der Waals surface area contributed by atoms with E-state index in [2.05, 4.69) is 0 Å². The molecular formula is C29H22ClNO5. The lowest BCUT2D eigenvalue weighted by Gasteiger charge is -2.21. The summed E-state index contributed by atoms with van der Waals surface area (Å²) in [5.41, 5.74) is 3.00. The molecule has 1 aliphatic heterocycles. The summed E-state index contributed by atoms with van der Waals surface area (Å²) in [5.74, 6) is 0.246. The van der Waals surface area contributed by atoms with Crippen molar-refractivity contribution in [2.24, 2.45) is 0 Å². The third kappa shape index (κ3) is 5.04. The minimum Gasteiger partial charge on any atom is -0.486 e. The quantitative estimate of drug-likeness (QED) is 0.180. The second kappa shape index (κ2) is 10.5. The maximum Gasteiger partial charge on any atom is 0.331 e. The number of benzene rings is 3. The molecule has 6 nitrogen and oxygen atoms in total. The predicted octanol–water partition coefficient (Wildman–Crippen LogP) is 5.89. The van der Waals surface area contributed by atoms with Gasteiger partial charge < -0.3 is 18.8 Å². The summed E-state index contributed by atoms with van der Waals surface area (Å²) in [5, 5.41) is 0.429. The molecule has 1 aliphatic rings. The van der Waals surface area contributed by atoms with E-state index >= 15 is 0 Å². The van der Waals surface area contributed by atoms with Crippen LogP contribution in [0.4, 0.5) is 0 Å². The lowest BCUT2D eigenvalue weighted by molar-refractivity contribution is -0.138. The number of hydrogen-bond acceptors (Lipinski definition) is 5. The highest BCUT2D eigenvalue weighted by atomic mass is 35.5. The number of carbonyl (C=O) groups is 2. The Bertz CT molecular complexity index is 1440. The molecule has 0 radical (unpaired) electrons. The molecule has 0 spiro atoms. The minimum atomic E-state index is -0.466. The van der Waals surface area contributed by atoms with Crippen LogP contribution in [0.2, 0.25) is 5.02 Å². The summed E-state index contributed by atoms with van der Waals surface area (Å²) < 4.78 is 18.5. The van der Waals surface area contributed by atoms with Crippen molar-refractivity contribution in [3.63, 3.8) is 0 Å². The first-order chi connectivity index (χ1) is 17.6. The number of ketones is 1. The van der Waals surface area contributed by atoms with E-state index in [1.165, 1.54) is 6.08 Å². The van der Waals surface area contributed by atoms with Crippen LogP contribution in [0.3, 0.4) is 0 Å². The summed E-state index contributed by atoms with van der Waals surface area (Å²) in [6, 6.07) is 23.5. The first kappa shape index (κ1) is 23.5. The van der Waals surface area contributed by atoms with Crippen LogP contribution in [0.5, 0.6) is 11.5 Å². The average Bonchev–Trinajstić information content (AvgIpc) is 3.39. The topological polar surface area (TPSA) is 66.8 Å². The molecule has 0 fully saturated rings. The highest BCUT2D eigenvalue weighted by Gasteiger charge is 2.24. The van der Waals surface area contributed by atoms with Crippen molar-refractivity contribution < 1.29 is 23.8 Å². The number of aromatic nitrogens is 1. The largest absolute Gasteiger partial charge is 0.486 e. The van der Waals surface area contributed by atoms with Gasteiger partial charge in [0, 0.05) is 28.6 Å². The minimum absolute atomic E-state index is 0.189. The normalized spacial score (nSPS) is 12.5. The molecule has 0 N–H and O–H groups in total. The highest BCUT2D eigenvalue weighted by molar-refractivity contribution is 6.31. The van der Waals surface area contributed by atoms with Gasteiger partial charge in [0.05, 0.1) is 11.3 Å². The van der Waals surface area contributed by atoms with Crippen LogP contribution in [0.15, 0.2) is 91.1 Å². The lowest BCUT2D eigenvalue weighted by atomic mass is 10.00. The molecule has 0 atom stereocenters. The Kier molecular flexibility index (Phi) is 6.87. The predicted molar refractivity (Wildman–Crippen MR) is 137 cm³/mol. The number of fused-ring (bicyclic) bond motifs is 1. The number of esters is 1. The van der Waals surface area contributed by atoms with Gasteiger partial charge in [0.1, 0.15) is 19.8 Å². The molecule has 3 aromatic carbocycles. The molecule has 0 saturated heterocycles. The number of ether oxygens (including phenoxy) is 3. The first-order valence-electron chi connectivity index (χ1n) is 11.4. The Morgan fingerprint density at radius 1 is 0.917 bits per heavy atom. The molecule has 180 valence electrons. The van der Waals surface area contributed by atoms with Crippen LogP contribution < -0.4 is 9.47 Å². The Morgan fingerprint density at radius 3 is 2.61 bits per heavy atom. The number of nitrogens with zero attached hydrogens (tertiary/aromatic N) is 1. The van der Waals surface area contributed by atoms with E-state index in [-0.39, 0.29) is 12.4 Å². The number of para-hydroxylation sites is 1. The SMILES string of the molecule is O=C(C=Cc1cccn1-c1ccc(Cl)cc1C(=O)c1cccc2c1OCCO2)OCc1ccccc1. The third-order valence-corrected chi connectivity index (χ3v) is 5.90. The summed E-state index contributed by atoms with van der Waals surface area (Å²) in [6.07, 6.45) is 4.83. The van der Waals surface area contributed by atoms with Crippen molar-refractivity contribution in [1.29, 1.82) is 0 Å². The summed E-state index contributed by atoms with van der Waals surface area (Å²) in [6.45, 7) is 0.987. The summed E-state index contributed by atoms with van der Waals surface area (Å²) in [4.78, 5) is 26.0. The molecule has 1 aromatic heterocycles. The van der Waals surface area contributed by atoms with E-state index in [1.807, 2.05) is 53.2 Å². The van der Waals surface area contributed by atoms with Gasteiger partial charge in [0.25, 0.3) is 0 Å².